The van der Waals surface area contributed by atoms with Crippen LogP contribution in [0.15, 0.2) is 61.2 Å². The highest BCUT2D eigenvalue weighted by Crippen LogP contribution is 2.43. The number of rotatable bonds is 7. The van der Waals surface area contributed by atoms with Gasteiger partial charge in [0.05, 0.1) is 12.7 Å². The first kappa shape index (κ1) is 21.5. The van der Waals surface area contributed by atoms with Gasteiger partial charge in [-0.2, -0.15) is 0 Å². The first-order valence-electron chi connectivity index (χ1n) is 11.6. The van der Waals surface area contributed by atoms with Crippen LogP contribution in [0.2, 0.25) is 0 Å². The van der Waals surface area contributed by atoms with E-state index in [2.05, 4.69) is 31.2 Å². The maximum absolute atomic E-state index is 12.7. The summed E-state index contributed by atoms with van der Waals surface area (Å²) in [5.41, 5.74) is 2.94. The van der Waals surface area contributed by atoms with Gasteiger partial charge in [-0.1, -0.05) is 0 Å². The summed E-state index contributed by atoms with van der Waals surface area (Å²) in [4.78, 5) is 27.7. The fourth-order valence-corrected chi connectivity index (χ4v) is 5.30. The number of hydrogen-bond donors (Lipinski definition) is 1. The number of carbonyl (C=O) groups is 1. The van der Waals surface area contributed by atoms with Gasteiger partial charge in [0.1, 0.15) is 17.8 Å². The minimum Gasteiger partial charge on any atom is -0.456 e. The number of carbonyl (C=O) groups excluding carboxylic acids is 1. The molecule has 0 radical (unpaired) electrons. The zero-order valence-electron chi connectivity index (χ0n) is 18.9. The van der Waals surface area contributed by atoms with Crippen LogP contribution in [0.1, 0.15) is 24.2 Å². The molecule has 3 aromatic rings. The number of pyridine rings is 1. The standard InChI is InChI=1S/C26H29N5O2/c1-18-11-22(29-17-28-18)12-19-4-5-20-14-31(15-25(19)20)16-26(32)30-21-6-8-23(9-7-21)33-24-3-2-10-27-13-24/h2-3,6-11,13,17,19-20,25H,4-5,12,14-16H2,1H3,(H,30,32)/t19-,20-,25-/m1/s1. The Morgan fingerprint density at radius 2 is 2.00 bits per heavy atom. The maximum Gasteiger partial charge on any atom is 0.238 e. The highest BCUT2D eigenvalue weighted by atomic mass is 16.5. The van der Waals surface area contributed by atoms with Crippen LogP contribution < -0.4 is 10.1 Å². The van der Waals surface area contributed by atoms with Crippen LogP contribution in [-0.2, 0) is 11.2 Å². The molecule has 1 N–H and O–H groups in total. The van der Waals surface area contributed by atoms with Crippen molar-refractivity contribution in [3.05, 3.63) is 72.6 Å². The average molecular weight is 444 g/mol. The molecule has 0 bridgehead atoms. The van der Waals surface area contributed by atoms with E-state index in [1.54, 1.807) is 18.7 Å². The lowest BCUT2D eigenvalue weighted by Crippen LogP contribution is -2.32. The molecule has 3 atom stereocenters. The summed E-state index contributed by atoms with van der Waals surface area (Å²) in [6.07, 6.45) is 8.55. The third-order valence-electron chi connectivity index (χ3n) is 6.79. The summed E-state index contributed by atoms with van der Waals surface area (Å²) in [5.74, 6) is 3.40. The quantitative estimate of drug-likeness (QED) is 0.592. The number of nitrogens with one attached hydrogen (secondary N) is 1. The zero-order valence-corrected chi connectivity index (χ0v) is 18.9. The van der Waals surface area contributed by atoms with E-state index in [9.17, 15) is 4.79 Å². The Kier molecular flexibility index (Phi) is 6.30. The summed E-state index contributed by atoms with van der Waals surface area (Å²) >= 11 is 0. The predicted molar refractivity (Wildman–Crippen MR) is 126 cm³/mol. The molecule has 33 heavy (non-hydrogen) atoms. The van der Waals surface area contributed by atoms with E-state index in [-0.39, 0.29) is 5.91 Å². The van der Waals surface area contributed by atoms with Crippen molar-refractivity contribution in [2.45, 2.75) is 26.2 Å². The highest BCUT2D eigenvalue weighted by molar-refractivity contribution is 5.92. The predicted octanol–water partition coefficient (Wildman–Crippen LogP) is 4.11. The molecule has 7 heteroatoms. The molecule has 0 spiro atoms. The van der Waals surface area contributed by atoms with Gasteiger partial charge >= 0.3 is 0 Å². The molecular weight excluding hydrogens is 414 g/mol. The summed E-state index contributed by atoms with van der Waals surface area (Å²) in [6.45, 7) is 4.44. The largest absolute Gasteiger partial charge is 0.456 e. The van der Waals surface area contributed by atoms with Crippen LogP contribution in [0.4, 0.5) is 5.69 Å². The maximum atomic E-state index is 12.7. The number of benzene rings is 1. The minimum absolute atomic E-state index is 0.0267. The molecule has 170 valence electrons. The Bertz CT molecular complexity index is 1090. The molecular formula is C26H29N5O2. The van der Waals surface area contributed by atoms with Crippen molar-refractivity contribution in [2.75, 3.05) is 25.0 Å². The van der Waals surface area contributed by atoms with E-state index < -0.39 is 0 Å². The number of amides is 1. The van der Waals surface area contributed by atoms with Crippen LogP contribution in [0.3, 0.4) is 0 Å². The van der Waals surface area contributed by atoms with Gasteiger partial charge in [0.2, 0.25) is 5.91 Å². The minimum atomic E-state index is 0.0267. The van der Waals surface area contributed by atoms with Gasteiger partial charge in [-0.15, -0.1) is 0 Å². The molecule has 1 aliphatic heterocycles. The van der Waals surface area contributed by atoms with Gasteiger partial charge < -0.3 is 10.1 Å². The van der Waals surface area contributed by atoms with Gasteiger partial charge in [-0.3, -0.25) is 14.7 Å². The first-order chi connectivity index (χ1) is 16.1. The van der Waals surface area contributed by atoms with Gasteiger partial charge in [0.15, 0.2) is 0 Å². The van der Waals surface area contributed by atoms with Gasteiger partial charge in [-0.25, -0.2) is 9.97 Å². The SMILES string of the molecule is Cc1cc(C[C@H]2CC[C@@H]3CN(CC(=O)Nc4ccc(Oc5cccnc5)cc4)C[C@H]23)ncn1. The molecule has 2 aromatic heterocycles. The number of ether oxygens (including phenoxy) is 1. The molecule has 0 unspecified atom stereocenters. The molecule has 7 nitrogen and oxygen atoms in total. The molecule has 1 saturated heterocycles. The van der Waals surface area contributed by atoms with E-state index in [1.165, 1.54) is 12.8 Å². The smallest absolute Gasteiger partial charge is 0.238 e. The Morgan fingerprint density at radius 1 is 1.12 bits per heavy atom. The van der Waals surface area contributed by atoms with Crippen LogP contribution in [0.25, 0.3) is 0 Å². The average Bonchev–Trinajstić information content (AvgIpc) is 3.37. The van der Waals surface area contributed by atoms with Crippen molar-refractivity contribution in [3.63, 3.8) is 0 Å². The van der Waals surface area contributed by atoms with Gasteiger partial charge in [0.25, 0.3) is 0 Å². The van der Waals surface area contributed by atoms with Crippen molar-refractivity contribution in [2.24, 2.45) is 17.8 Å². The lowest BCUT2D eigenvalue weighted by atomic mass is 9.89. The summed E-state index contributed by atoms with van der Waals surface area (Å²) in [6, 6.07) is 13.2. The Balaban J connectivity index is 1.11. The fraction of sp³-hybridized carbons (Fsp3) is 0.385. The van der Waals surface area contributed by atoms with Gasteiger partial charge in [-0.05, 0) is 86.4 Å². The molecule has 2 aliphatic rings. The monoisotopic (exact) mass is 443 g/mol. The van der Waals surface area contributed by atoms with Crippen LogP contribution in [0, 0.1) is 24.7 Å². The topological polar surface area (TPSA) is 80.2 Å². The van der Waals surface area contributed by atoms with E-state index in [1.807, 2.05) is 43.3 Å². The summed E-state index contributed by atoms with van der Waals surface area (Å²) in [7, 11) is 0. The Labute approximate surface area is 194 Å². The Morgan fingerprint density at radius 3 is 2.79 bits per heavy atom. The molecule has 1 aromatic carbocycles. The van der Waals surface area contributed by atoms with Crippen molar-refractivity contribution in [1.82, 2.24) is 19.9 Å². The third kappa shape index (κ3) is 5.37. The highest BCUT2D eigenvalue weighted by Gasteiger charge is 2.42. The number of nitrogens with zero attached hydrogens (tertiary/aromatic N) is 4. The second-order valence-electron chi connectivity index (χ2n) is 9.17. The van der Waals surface area contributed by atoms with Crippen molar-refractivity contribution in [3.8, 4) is 11.5 Å². The summed E-state index contributed by atoms with van der Waals surface area (Å²) in [5, 5.41) is 3.02. The lowest BCUT2D eigenvalue weighted by Gasteiger charge is -2.20. The van der Waals surface area contributed by atoms with Crippen molar-refractivity contribution in [1.29, 1.82) is 0 Å². The second kappa shape index (κ2) is 9.67. The van der Waals surface area contributed by atoms with E-state index in [4.69, 9.17) is 4.74 Å². The van der Waals surface area contributed by atoms with E-state index >= 15 is 0 Å². The molecule has 3 heterocycles. The Hall–Kier alpha value is -3.32. The normalized spacial score (nSPS) is 22.2. The molecule has 1 aliphatic carbocycles. The lowest BCUT2D eigenvalue weighted by molar-refractivity contribution is -0.117. The number of hydrogen-bond acceptors (Lipinski definition) is 6. The van der Waals surface area contributed by atoms with Crippen molar-refractivity contribution >= 4 is 11.6 Å². The van der Waals surface area contributed by atoms with E-state index in [0.717, 1.165) is 36.6 Å². The van der Waals surface area contributed by atoms with Crippen LogP contribution in [-0.4, -0.2) is 45.4 Å². The summed E-state index contributed by atoms with van der Waals surface area (Å²) < 4.78 is 5.76. The first-order valence-corrected chi connectivity index (χ1v) is 11.6. The third-order valence-corrected chi connectivity index (χ3v) is 6.79. The number of fused-ring (bicyclic) bond motifs is 1. The fourth-order valence-electron chi connectivity index (χ4n) is 5.30. The molecule has 5 rings (SSSR count). The van der Waals surface area contributed by atoms with Crippen LogP contribution >= 0.6 is 0 Å². The number of aromatic nitrogens is 3. The zero-order chi connectivity index (χ0) is 22.6. The molecule has 1 amide bonds. The number of anilines is 1. The second-order valence-corrected chi connectivity index (χ2v) is 9.17. The molecule has 2 fully saturated rings. The van der Waals surface area contributed by atoms with Crippen molar-refractivity contribution < 1.29 is 9.53 Å². The number of aryl methyl sites for hydroxylation is 1. The molecule has 1 saturated carbocycles. The van der Waals surface area contributed by atoms with Gasteiger partial charge in [0, 0.05) is 36.4 Å². The number of likely N-dealkylation sites (tertiary alicyclic amines) is 1. The van der Waals surface area contributed by atoms with Crippen LogP contribution in [0.5, 0.6) is 11.5 Å². The van der Waals surface area contributed by atoms with E-state index in [0.29, 0.717) is 35.8 Å².